The summed E-state index contributed by atoms with van der Waals surface area (Å²) in [5, 5.41) is 0. The fourth-order valence-electron chi connectivity index (χ4n) is 8.79. The van der Waals surface area contributed by atoms with Gasteiger partial charge in [-0.1, -0.05) is 132 Å². The van der Waals surface area contributed by atoms with Crippen molar-refractivity contribution in [3.63, 3.8) is 0 Å². The minimum absolute atomic E-state index is 0.0522. The molecule has 0 N–H and O–H groups in total. The summed E-state index contributed by atoms with van der Waals surface area (Å²) in [5.41, 5.74) is 12.1. The van der Waals surface area contributed by atoms with E-state index < -0.39 is 0 Å². The number of aromatic nitrogens is 2. The van der Waals surface area contributed by atoms with Gasteiger partial charge in [-0.05, 0) is 90.0 Å². The number of hydrogen-bond donors (Lipinski definition) is 0. The quantitative estimate of drug-likeness (QED) is 0.146. The number of nitrogens with zero attached hydrogens (tertiary/aromatic N) is 2. The number of pyridine rings is 2. The van der Waals surface area contributed by atoms with Crippen molar-refractivity contribution in [3.05, 3.63) is 95.1 Å². The Balaban J connectivity index is 1.26. The first-order valence-electron chi connectivity index (χ1n) is 20.0. The zero-order valence-corrected chi connectivity index (χ0v) is 34.6. The molecule has 6 nitrogen and oxygen atoms in total. The van der Waals surface area contributed by atoms with Crippen LogP contribution in [0.15, 0.2) is 72.8 Å². The minimum atomic E-state index is -0.175. The molecule has 0 unspecified atom stereocenters. The molecule has 0 amide bonds. The van der Waals surface area contributed by atoms with Crippen LogP contribution in [0.1, 0.15) is 105 Å². The van der Waals surface area contributed by atoms with Crippen LogP contribution in [0, 0.1) is 0 Å². The normalized spacial score (nSPS) is 14.9. The molecule has 4 aliphatic heterocycles. The van der Waals surface area contributed by atoms with Crippen LogP contribution in [0.4, 0.5) is 0 Å². The molecule has 0 atom stereocenters. The van der Waals surface area contributed by atoms with Crippen LogP contribution in [0.2, 0.25) is 0 Å². The Morgan fingerprint density at radius 1 is 0.375 bits per heavy atom. The molecule has 0 fully saturated rings. The summed E-state index contributed by atoms with van der Waals surface area (Å²) in [4.78, 5) is 10.7. The van der Waals surface area contributed by atoms with Gasteiger partial charge in [-0.2, -0.15) is 0 Å². The van der Waals surface area contributed by atoms with E-state index in [-0.39, 0.29) is 35.1 Å². The number of fused-ring (bicyclic) bond motifs is 11. The van der Waals surface area contributed by atoms with E-state index in [1.165, 1.54) is 22.3 Å². The van der Waals surface area contributed by atoms with E-state index in [1.54, 1.807) is 0 Å². The molecule has 0 bridgehead atoms. The van der Waals surface area contributed by atoms with Gasteiger partial charge in [0.2, 0.25) is 11.8 Å². The average molecular weight is 739 g/mol. The molecule has 10 rings (SSSR count). The van der Waals surface area contributed by atoms with Crippen molar-refractivity contribution in [1.29, 1.82) is 0 Å². The molecule has 0 saturated heterocycles. The van der Waals surface area contributed by atoms with Crippen LogP contribution in [-0.4, -0.2) is 23.4 Å². The first-order chi connectivity index (χ1) is 26.3. The van der Waals surface area contributed by atoms with Crippen LogP contribution in [0.5, 0.6) is 46.3 Å². The van der Waals surface area contributed by atoms with E-state index in [2.05, 4.69) is 156 Å². The highest BCUT2D eigenvalue weighted by Crippen LogP contribution is 2.45. The predicted octanol–water partition coefficient (Wildman–Crippen LogP) is 8.28. The maximum absolute atomic E-state index is 7.00. The van der Waals surface area contributed by atoms with Gasteiger partial charge in [0, 0.05) is 10.9 Å². The monoisotopic (exact) mass is 738 g/mol. The minimum Gasteiger partial charge on any atom is -0.456 e. The standard InChI is InChI=1S/C48H48B2N2O4/c1-45(2,3)25-13-17-33-29(21-25)49-31-23-27(47(7,8)9)15-19-35(31)55-43-37(49)41(53-33)39-40(51-43)42-38-44(52-39)56-36-20-16-28(48(10,11)12)24-32(36)50(38)30-22-26(46(4,5)6)14-18-34(30)54-42/h13-24H,1-12H3. The second-order valence-corrected chi connectivity index (χ2v) is 20.3. The number of rotatable bonds is 0. The molecule has 0 aliphatic carbocycles. The lowest BCUT2D eigenvalue weighted by Gasteiger charge is -2.36. The van der Waals surface area contributed by atoms with E-state index in [4.69, 9.17) is 28.9 Å². The first-order valence-corrected chi connectivity index (χ1v) is 20.0. The second-order valence-electron chi connectivity index (χ2n) is 20.3. The highest BCUT2D eigenvalue weighted by Gasteiger charge is 2.47. The summed E-state index contributed by atoms with van der Waals surface area (Å²) in [6.45, 7) is 26.6. The summed E-state index contributed by atoms with van der Waals surface area (Å²) in [7, 11) is 0. The molecule has 6 aromatic rings. The van der Waals surface area contributed by atoms with Crippen LogP contribution >= 0.6 is 0 Å². The summed E-state index contributed by atoms with van der Waals surface area (Å²) in [6, 6.07) is 26.4. The maximum atomic E-state index is 7.00. The van der Waals surface area contributed by atoms with Gasteiger partial charge in [0.25, 0.3) is 13.4 Å². The van der Waals surface area contributed by atoms with Crippen molar-refractivity contribution in [2.45, 2.75) is 105 Å². The lowest BCUT2D eigenvalue weighted by atomic mass is 9.34. The molecular formula is C48H48B2N2O4. The van der Waals surface area contributed by atoms with Crippen LogP contribution in [0.25, 0.3) is 11.0 Å². The number of benzene rings is 4. The molecule has 2 aromatic heterocycles. The summed E-state index contributed by atoms with van der Waals surface area (Å²) >= 11 is 0. The van der Waals surface area contributed by atoms with Gasteiger partial charge in [0.1, 0.15) is 34.0 Å². The van der Waals surface area contributed by atoms with Crippen LogP contribution in [-0.2, 0) is 21.7 Å². The molecule has 8 heteroatoms. The second kappa shape index (κ2) is 11.2. The Kier molecular flexibility index (Phi) is 7.05. The van der Waals surface area contributed by atoms with Crippen molar-refractivity contribution in [3.8, 4) is 46.3 Å². The van der Waals surface area contributed by atoms with Crippen molar-refractivity contribution in [1.82, 2.24) is 9.97 Å². The SMILES string of the molecule is CC(C)(C)c1ccc2c(c1)B1c3cc(C(C)(C)C)ccc3Oc3c1c(nc1c4c5c(nc31)Oc1ccc(C(C)(C)C)cc1B5c1cc(C(C)(C)C)ccc1O4)O2. The highest BCUT2D eigenvalue weighted by atomic mass is 16.5. The molecule has 0 saturated carbocycles. The Hall–Kier alpha value is -5.23. The fraction of sp³-hybridized carbons (Fsp3) is 0.333. The zero-order valence-electron chi connectivity index (χ0n) is 34.6. The number of ether oxygens (including phenoxy) is 4. The molecule has 4 aromatic carbocycles. The van der Waals surface area contributed by atoms with Gasteiger partial charge in [0.05, 0.1) is 0 Å². The molecular weight excluding hydrogens is 690 g/mol. The topological polar surface area (TPSA) is 62.7 Å². The van der Waals surface area contributed by atoms with Crippen molar-refractivity contribution >= 4 is 57.2 Å². The Morgan fingerprint density at radius 3 is 0.911 bits per heavy atom. The van der Waals surface area contributed by atoms with Gasteiger partial charge in [-0.15, -0.1) is 0 Å². The molecule has 0 radical (unpaired) electrons. The summed E-state index contributed by atoms with van der Waals surface area (Å²) < 4.78 is 27.7. The average Bonchev–Trinajstić information content (AvgIpc) is 3.12. The smallest absolute Gasteiger partial charge is 0.263 e. The third-order valence-corrected chi connectivity index (χ3v) is 12.2. The van der Waals surface area contributed by atoms with E-state index in [0.29, 0.717) is 34.3 Å². The molecule has 280 valence electrons. The molecule has 0 spiro atoms. The van der Waals surface area contributed by atoms with Crippen molar-refractivity contribution < 1.29 is 18.9 Å². The highest BCUT2D eigenvalue weighted by molar-refractivity contribution is 6.99. The van der Waals surface area contributed by atoms with Gasteiger partial charge in [-0.25, -0.2) is 9.97 Å². The van der Waals surface area contributed by atoms with Crippen molar-refractivity contribution in [2.24, 2.45) is 0 Å². The molecule has 4 aliphatic rings. The Morgan fingerprint density at radius 2 is 0.643 bits per heavy atom. The largest absolute Gasteiger partial charge is 0.456 e. The van der Waals surface area contributed by atoms with Gasteiger partial charge in [-0.3, -0.25) is 0 Å². The van der Waals surface area contributed by atoms with E-state index in [0.717, 1.165) is 55.8 Å². The lowest BCUT2D eigenvalue weighted by molar-refractivity contribution is 0.442. The third-order valence-electron chi connectivity index (χ3n) is 12.2. The van der Waals surface area contributed by atoms with Gasteiger partial charge < -0.3 is 18.9 Å². The number of hydrogen-bond acceptors (Lipinski definition) is 6. The Bertz CT molecular complexity index is 2470. The van der Waals surface area contributed by atoms with E-state index in [9.17, 15) is 0 Å². The van der Waals surface area contributed by atoms with Crippen molar-refractivity contribution in [2.75, 3.05) is 0 Å². The lowest BCUT2D eigenvalue weighted by Crippen LogP contribution is -2.59. The maximum Gasteiger partial charge on any atom is 0.263 e. The van der Waals surface area contributed by atoms with E-state index in [1.807, 2.05) is 0 Å². The summed E-state index contributed by atoms with van der Waals surface area (Å²) in [6.07, 6.45) is 0. The van der Waals surface area contributed by atoms with Crippen LogP contribution in [0.3, 0.4) is 0 Å². The van der Waals surface area contributed by atoms with Gasteiger partial charge >= 0.3 is 0 Å². The van der Waals surface area contributed by atoms with Gasteiger partial charge in [0.15, 0.2) is 11.5 Å². The fourth-order valence-corrected chi connectivity index (χ4v) is 8.79. The molecule has 56 heavy (non-hydrogen) atoms. The first kappa shape index (κ1) is 35.2. The Labute approximate surface area is 331 Å². The summed E-state index contributed by atoms with van der Waals surface area (Å²) in [5.74, 6) is 5.48. The molecule has 6 heterocycles. The third kappa shape index (κ3) is 5.17. The zero-order chi connectivity index (χ0) is 39.4. The van der Waals surface area contributed by atoms with Crippen LogP contribution < -0.4 is 51.7 Å². The predicted molar refractivity (Wildman–Crippen MR) is 230 cm³/mol. The van der Waals surface area contributed by atoms with E-state index >= 15 is 0 Å².